The molecule has 0 heterocycles. The summed E-state index contributed by atoms with van der Waals surface area (Å²) in [5.41, 5.74) is 11.6. The molecule has 8 N–H and O–H groups in total. The van der Waals surface area contributed by atoms with Crippen LogP contribution in [0.3, 0.4) is 0 Å². The lowest BCUT2D eigenvalue weighted by Crippen LogP contribution is -2.47. The first kappa shape index (κ1) is 26.5. The number of carboxylic acids is 2. The lowest BCUT2D eigenvalue weighted by atomic mass is 10.2. The highest BCUT2D eigenvalue weighted by Crippen LogP contribution is 2.26. The van der Waals surface area contributed by atoms with E-state index in [-0.39, 0.29) is 28.8 Å². The van der Waals surface area contributed by atoms with E-state index in [1.54, 1.807) is 4.72 Å². The molecule has 1 unspecified atom stereocenters. The summed E-state index contributed by atoms with van der Waals surface area (Å²) in [5.74, 6) is -3.97. The molecule has 182 valence electrons. The Labute approximate surface area is 198 Å². The third kappa shape index (κ3) is 8.32. The van der Waals surface area contributed by atoms with Gasteiger partial charge in [0.15, 0.2) is 5.96 Å². The van der Waals surface area contributed by atoms with E-state index in [0.717, 1.165) is 0 Å². The molecule has 13 nitrogen and oxygen atoms in total. The molecule has 0 aliphatic rings. The molecule has 0 fully saturated rings. The van der Waals surface area contributed by atoms with Crippen LogP contribution in [0.1, 0.15) is 22.3 Å². The number of guanidine groups is 1. The number of hydrogen-bond donors (Lipinski definition) is 6. The highest BCUT2D eigenvalue weighted by Gasteiger charge is 2.26. The van der Waals surface area contributed by atoms with Gasteiger partial charge in [-0.1, -0.05) is 17.7 Å². The van der Waals surface area contributed by atoms with Crippen molar-refractivity contribution in [3.63, 3.8) is 0 Å². The number of halogens is 1. The molecule has 1 atom stereocenters. The molecular weight excluding hydrogens is 494 g/mol. The standard InChI is InChI=1S/C19H20ClN5O8S/c20-13-7-10(9-23-34(31,32)25-14(17(28)29)8-16(26)27)1-6-15(13)33-18(30)11-2-4-12(5-3-11)24-19(21)22/h1-7,14,23,25H,8-9H2,(H,26,27)(H,28,29)(H4,21,22,24). The SMILES string of the molecule is NC(N)=Nc1ccc(C(=O)Oc2ccc(CNS(=O)(=O)NC(CC(=O)O)C(=O)O)cc2Cl)cc1. The predicted molar refractivity (Wildman–Crippen MR) is 121 cm³/mol. The number of nitrogens with zero attached hydrogens (tertiary/aromatic N) is 1. The van der Waals surface area contributed by atoms with Gasteiger partial charge < -0.3 is 26.4 Å². The molecule has 0 bridgehead atoms. The van der Waals surface area contributed by atoms with Gasteiger partial charge in [0.05, 0.1) is 22.7 Å². The molecule has 0 aliphatic heterocycles. The first-order valence-corrected chi connectivity index (χ1v) is 11.1. The van der Waals surface area contributed by atoms with Crippen LogP contribution in [0.5, 0.6) is 5.75 Å². The number of carbonyl (C=O) groups excluding carboxylic acids is 1. The third-order valence-corrected chi connectivity index (χ3v) is 5.42. The van der Waals surface area contributed by atoms with Crippen molar-refractivity contribution in [2.75, 3.05) is 0 Å². The monoisotopic (exact) mass is 513 g/mol. The lowest BCUT2D eigenvalue weighted by Gasteiger charge is -2.14. The molecule has 2 rings (SSSR count). The van der Waals surface area contributed by atoms with Crippen molar-refractivity contribution in [1.82, 2.24) is 9.44 Å². The number of hydrogen-bond acceptors (Lipinski definition) is 7. The van der Waals surface area contributed by atoms with E-state index in [2.05, 4.69) is 9.71 Å². The Bertz CT molecular complexity index is 1210. The van der Waals surface area contributed by atoms with E-state index < -0.39 is 40.6 Å². The minimum absolute atomic E-state index is 0.00409. The van der Waals surface area contributed by atoms with E-state index in [4.69, 9.17) is 38.0 Å². The zero-order valence-electron chi connectivity index (χ0n) is 17.3. The smallest absolute Gasteiger partial charge is 0.343 e. The van der Waals surface area contributed by atoms with Gasteiger partial charge in [-0.15, -0.1) is 0 Å². The van der Waals surface area contributed by atoms with Crippen molar-refractivity contribution < 1.29 is 37.8 Å². The van der Waals surface area contributed by atoms with Crippen LogP contribution in [0.25, 0.3) is 0 Å². The average molecular weight is 514 g/mol. The predicted octanol–water partition coefficient (Wildman–Crippen LogP) is 0.316. The fraction of sp³-hybridized carbons (Fsp3) is 0.158. The van der Waals surface area contributed by atoms with Gasteiger partial charge in [0.1, 0.15) is 11.8 Å². The highest BCUT2D eigenvalue weighted by atomic mass is 35.5. The Morgan fingerprint density at radius 3 is 2.26 bits per heavy atom. The highest BCUT2D eigenvalue weighted by molar-refractivity contribution is 7.87. The number of nitrogens with one attached hydrogen (secondary N) is 2. The summed E-state index contributed by atoms with van der Waals surface area (Å²) in [6.45, 7) is -0.311. The first-order chi connectivity index (χ1) is 15.9. The summed E-state index contributed by atoms with van der Waals surface area (Å²) in [5, 5.41) is 17.6. The van der Waals surface area contributed by atoms with E-state index in [1.807, 2.05) is 0 Å². The Balaban J connectivity index is 2.01. The Kier molecular flexibility index (Phi) is 8.91. The molecule has 15 heteroatoms. The number of carbonyl (C=O) groups is 3. The summed E-state index contributed by atoms with van der Waals surface area (Å²) < 4.78 is 33.1. The molecule has 0 aromatic heterocycles. The minimum atomic E-state index is -4.36. The number of ether oxygens (including phenoxy) is 1. The zero-order valence-corrected chi connectivity index (χ0v) is 18.8. The fourth-order valence-electron chi connectivity index (χ4n) is 2.48. The van der Waals surface area contributed by atoms with E-state index in [1.165, 1.54) is 42.5 Å². The summed E-state index contributed by atoms with van der Waals surface area (Å²) in [6, 6.07) is 8.15. The van der Waals surface area contributed by atoms with Crippen LogP contribution in [-0.2, 0) is 26.3 Å². The van der Waals surface area contributed by atoms with Crippen molar-refractivity contribution in [2.45, 2.75) is 19.0 Å². The summed E-state index contributed by atoms with van der Waals surface area (Å²) in [7, 11) is -4.36. The Morgan fingerprint density at radius 1 is 1.09 bits per heavy atom. The first-order valence-electron chi connectivity index (χ1n) is 9.28. The number of rotatable bonds is 11. The molecule has 0 spiro atoms. The van der Waals surface area contributed by atoms with Gasteiger partial charge in [-0.3, -0.25) is 9.59 Å². The van der Waals surface area contributed by atoms with Crippen molar-refractivity contribution in [1.29, 1.82) is 0 Å². The number of aliphatic imine (C=N–C) groups is 1. The van der Waals surface area contributed by atoms with Gasteiger partial charge in [-0.05, 0) is 42.0 Å². The van der Waals surface area contributed by atoms with Crippen LogP contribution in [0, 0.1) is 0 Å². The van der Waals surface area contributed by atoms with Gasteiger partial charge in [-0.25, -0.2) is 9.79 Å². The average Bonchev–Trinajstić information content (AvgIpc) is 2.73. The molecule has 2 aromatic rings. The second-order valence-corrected chi connectivity index (χ2v) is 8.61. The fourth-order valence-corrected chi connectivity index (χ4v) is 3.72. The molecule has 0 radical (unpaired) electrons. The molecule has 0 saturated heterocycles. The summed E-state index contributed by atoms with van der Waals surface area (Å²) in [6.07, 6.45) is -0.945. The number of nitrogens with two attached hydrogens (primary N) is 2. The quantitative estimate of drug-likeness (QED) is 0.104. The topological polar surface area (TPSA) is 223 Å². The largest absolute Gasteiger partial charge is 0.481 e. The molecule has 0 amide bonds. The van der Waals surface area contributed by atoms with Crippen molar-refractivity contribution in [3.05, 3.63) is 58.6 Å². The van der Waals surface area contributed by atoms with E-state index in [0.29, 0.717) is 11.3 Å². The van der Waals surface area contributed by atoms with Gasteiger partial charge in [0.25, 0.3) is 10.2 Å². The lowest BCUT2D eigenvalue weighted by molar-refractivity contribution is -0.145. The minimum Gasteiger partial charge on any atom is -0.481 e. The Morgan fingerprint density at radius 2 is 1.74 bits per heavy atom. The normalized spacial score (nSPS) is 11.9. The van der Waals surface area contributed by atoms with E-state index in [9.17, 15) is 22.8 Å². The van der Waals surface area contributed by atoms with Crippen molar-refractivity contribution in [3.8, 4) is 5.75 Å². The van der Waals surface area contributed by atoms with Gasteiger partial charge >= 0.3 is 17.9 Å². The number of aliphatic carboxylic acids is 2. The zero-order chi connectivity index (χ0) is 25.5. The Hall–Kier alpha value is -3.72. The van der Waals surface area contributed by atoms with Gasteiger partial charge in [0.2, 0.25) is 0 Å². The molecule has 2 aromatic carbocycles. The maximum absolute atomic E-state index is 12.3. The maximum atomic E-state index is 12.3. The van der Waals surface area contributed by atoms with Gasteiger partial charge in [-0.2, -0.15) is 17.9 Å². The maximum Gasteiger partial charge on any atom is 0.343 e. The van der Waals surface area contributed by atoms with Crippen LogP contribution in [-0.4, -0.2) is 48.5 Å². The van der Waals surface area contributed by atoms with Crippen LogP contribution >= 0.6 is 11.6 Å². The molecule has 0 aliphatic carbocycles. The third-order valence-electron chi connectivity index (χ3n) is 4.00. The second-order valence-electron chi connectivity index (χ2n) is 6.67. The number of carboxylic acid groups (broad SMARTS) is 2. The molecule has 34 heavy (non-hydrogen) atoms. The molecular formula is C19H20ClN5O8S. The summed E-state index contributed by atoms with van der Waals surface area (Å²) in [4.78, 5) is 37.9. The van der Waals surface area contributed by atoms with Crippen LogP contribution in [0.15, 0.2) is 47.5 Å². The number of benzene rings is 2. The molecule has 0 saturated carbocycles. The summed E-state index contributed by atoms with van der Waals surface area (Å²) >= 11 is 6.12. The van der Waals surface area contributed by atoms with E-state index >= 15 is 0 Å². The van der Waals surface area contributed by atoms with Crippen LogP contribution < -0.4 is 25.6 Å². The van der Waals surface area contributed by atoms with Crippen molar-refractivity contribution >= 4 is 51.4 Å². The van der Waals surface area contributed by atoms with Crippen LogP contribution in [0.2, 0.25) is 5.02 Å². The number of esters is 1. The second kappa shape index (κ2) is 11.4. The van der Waals surface area contributed by atoms with Crippen molar-refractivity contribution in [2.24, 2.45) is 16.5 Å². The van der Waals surface area contributed by atoms with Gasteiger partial charge in [0, 0.05) is 6.54 Å². The van der Waals surface area contributed by atoms with Crippen LogP contribution in [0.4, 0.5) is 5.69 Å².